The average Bonchev–Trinajstić information content (AvgIpc) is 2.74. The van der Waals surface area contributed by atoms with Crippen molar-refractivity contribution < 1.29 is 0 Å². The zero-order valence-corrected chi connectivity index (χ0v) is 11.1. The van der Waals surface area contributed by atoms with Gasteiger partial charge >= 0.3 is 0 Å². The number of hydrogen-bond donors (Lipinski definition) is 1. The summed E-state index contributed by atoms with van der Waals surface area (Å²) < 4.78 is 1.82. The zero-order chi connectivity index (χ0) is 13.0. The van der Waals surface area contributed by atoms with Crippen LogP contribution >= 0.6 is 0 Å². The highest BCUT2D eigenvalue weighted by Gasteiger charge is 2.01. The van der Waals surface area contributed by atoms with Crippen molar-refractivity contribution in [2.45, 2.75) is 26.7 Å². The standard InChI is InChI=1S/C13H19N5/c1-4-11-9-13(16-10(2)15-11)14-7-5-12-6-8-18(3)17-12/h6,8-9H,4-5,7H2,1-3H3,(H,14,15,16). The Morgan fingerprint density at radius 2 is 2.11 bits per heavy atom. The number of aryl methyl sites for hydroxylation is 3. The number of nitrogens with zero attached hydrogens (tertiary/aromatic N) is 4. The van der Waals surface area contributed by atoms with E-state index in [2.05, 4.69) is 27.3 Å². The molecular weight excluding hydrogens is 226 g/mol. The fraction of sp³-hybridized carbons (Fsp3) is 0.462. The molecule has 0 aliphatic rings. The highest BCUT2D eigenvalue weighted by atomic mass is 15.2. The lowest BCUT2D eigenvalue weighted by atomic mass is 10.3. The van der Waals surface area contributed by atoms with Gasteiger partial charge in [-0.15, -0.1) is 0 Å². The third-order valence-corrected chi connectivity index (χ3v) is 2.71. The fourth-order valence-corrected chi connectivity index (χ4v) is 1.82. The van der Waals surface area contributed by atoms with E-state index in [0.717, 1.165) is 42.4 Å². The van der Waals surface area contributed by atoms with Gasteiger partial charge in [-0.05, 0) is 19.4 Å². The Bertz CT molecular complexity index is 518. The fourth-order valence-electron chi connectivity index (χ4n) is 1.82. The van der Waals surface area contributed by atoms with Crippen LogP contribution in [0.5, 0.6) is 0 Å². The van der Waals surface area contributed by atoms with Crippen molar-refractivity contribution in [2.24, 2.45) is 7.05 Å². The predicted molar refractivity (Wildman–Crippen MR) is 71.5 cm³/mol. The van der Waals surface area contributed by atoms with E-state index in [1.807, 2.05) is 37.0 Å². The Labute approximate surface area is 107 Å². The molecule has 0 atom stereocenters. The van der Waals surface area contributed by atoms with Crippen molar-refractivity contribution in [1.82, 2.24) is 19.7 Å². The van der Waals surface area contributed by atoms with E-state index >= 15 is 0 Å². The SMILES string of the molecule is CCc1cc(NCCc2ccn(C)n2)nc(C)n1. The van der Waals surface area contributed by atoms with Gasteiger partial charge in [0.1, 0.15) is 11.6 Å². The van der Waals surface area contributed by atoms with Crippen molar-refractivity contribution in [3.8, 4) is 0 Å². The molecule has 96 valence electrons. The topological polar surface area (TPSA) is 55.6 Å². The van der Waals surface area contributed by atoms with E-state index in [1.54, 1.807) is 0 Å². The summed E-state index contributed by atoms with van der Waals surface area (Å²) in [7, 11) is 1.93. The van der Waals surface area contributed by atoms with E-state index < -0.39 is 0 Å². The summed E-state index contributed by atoms with van der Waals surface area (Å²) in [5.74, 6) is 1.71. The molecule has 0 unspecified atom stereocenters. The Morgan fingerprint density at radius 1 is 1.28 bits per heavy atom. The highest BCUT2D eigenvalue weighted by molar-refractivity contribution is 5.36. The van der Waals surface area contributed by atoms with Gasteiger partial charge in [-0.1, -0.05) is 6.92 Å². The molecule has 0 bridgehead atoms. The summed E-state index contributed by atoms with van der Waals surface area (Å²) >= 11 is 0. The van der Waals surface area contributed by atoms with Crippen molar-refractivity contribution in [3.63, 3.8) is 0 Å². The third-order valence-electron chi connectivity index (χ3n) is 2.71. The molecule has 18 heavy (non-hydrogen) atoms. The van der Waals surface area contributed by atoms with E-state index in [-0.39, 0.29) is 0 Å². The van der Waals surface area contributed by atoms with E-state index in [4.69, 9.17) is 0 Å². The van der Waals surface area contributed by atoms with Crippen LogP contribution in [0.1, 0.15) is 24.1 Å². The minimum atomic E-state index is 0.815. The van der Waals surface area contributed by atoms with Crippen LogP contribution in [0, 0.1) is 6.92 Å². The maximum Gasteiger partial charge on any atom is 0.129 e. The first-order valence-electron chi connectivity index (χ1n) is 6.24. The number of aromatic nitrogens is 4. The van der Waals surface area contributed by atoms with Crippen molar-refractivity contribution in [1.29, 1.82) is 0 Å². The molecule has 0 radical (unpaired) electrons. The van der Waals surface area contributed by atoms with Crippen LogP contribution < -0.4 is 5.32 Å². The largest absolute Gasteiger partial charge is 0.370 e. The second kappa shape index (κ2) is 5.62. The summed E-state index contributed by atoms with van der Waals surface area (Å²) in [6.07, 6.45) is 3.78. The van der Waals surface area contributed by atoms with Crippen LogP contribution in [0.3, 0.4) is 0 Å². The lowest BCUT2D eigenvalue weighted by Crippen LogP contribution is -2.09. The molecule has 2 aromatic heterocycles. The second-order valence-corrected chi connectivity index (χ2v) is 4.30. The van der Waals surface area contributed by atoms with Crippen molar-refractivity contribution in [2.75, 3.05) is 11.9 Å². The average molecular weight is 245 g/mol. The number of anilines is 1. The van der Waals surface area contributed by atoms with E-state index in [1.165, 1.54) is 0 Å². The molecule has 0 saturated heterocycles. The van der Waals surface area contributed by atoms with Crippen molar-refractivity contribution >= 4 is 5.82 Å². The third kappa shape index (κ3) is 3.29. The van der Waals surface area contributed by atoms with E-state index in [9.17, 15) is 0 Å². The molecule has 1 N–H and O–H groups in total. The van der Waals surface area contributed by atoms with Crippen LogP contribution in [-0.4, -0.2) is 26.3 Å². The van der Waals surface area contributed by atoms with Crippen LogP contribution in [0.2, 0.25) is 0 Å². The maximum absolute atomic E-state index is 4.37. The van der Waals surface area contributed by atoms with Gasteiger partial charge < -0.3 is 5.32 Å². The number of hydrogen-bond acceptors (Lipinski definition) is 4. The summed E-state index contributed by atoms with van der Waals surface area (Å²) in [5, 5.41) is 7.65. The zero-order valence-electron chi connectivity index (χ0n) is 11.1. The summed E-state index contributed by atoms with van der Waals surface area (Å²) in [5.41, 5.74) is 2.16. The molecule has 0 amide bonds. The molecule has 2 rings (SSSR count). The second-order valence-electron chi connectivity index (χ2n) is 4.30. The molecule has 2 heterocycles. The van der Waals surface area contributed by atoms with Crippen LogP contribution in [-0.2, 0) is 19.9 Å². The molecule has 5 heteroatoms. The first-order chi connectivity index (χ1) is 8.67. The Balaban J connectivity index is 1.91. The molecule has 0 aliphatic heterocycles. The molecule has 0 saturated carbocycles. The van der Waals surface area contributed by atoms with Gasteiger partial charge in [-0.2, -0.15) is 5.10 Å². The van der Waals surface area contributed by atoms with Gasteiger partial charge in [-0.25, -0.2) is 9.97 Å². The molecule has 0 aliphatic carbocycles. The van der Waals surface area contributed by atoms with Gasteiger partial charge in [0, 0.05) is 38.0 Å². The number of nitrogens with one attached hydrogen (secondary N) is 1. The predicted octanol–water partition coefficient (Wildman–Crippen LogP) is 1.74. The molecule has 0 spiro atoms. The Hall–Kier alpha value is -1.91. The molecule has 5 nitrogen and oxygen atoms in total. The van der Waals surface area contributed by atoms with Crippen LogP contribution in [0.4, 0.5) is 5.82 Å². The number of rotatable bonds is 5. The van der Waals surface area contributed by atoms with Gasteiger partial charge in [0.15, 0.2) is 0 Å². The monoisotopic (exact) mass is 245 g/mol. The summed E-state index contributed by atoms with van der Waals surface area (Å²) in [4.78, 5) is 8.73. The molecule has 2 aromatic rings. The minimum Gasteiger partial charge on any atom is -0.370 e. The lowest BCUT2D eigenvalue weighted by Gasteiger charge is -2.06. The van der Waals surface area contributed by atoms with Gasteiger partial charge in [-0.3, -0.25) is 4.68 Å². The Kier molecular flexibility index (Phi) is 3.92. The van der Waals surface area contributed by atoms with Gasteiger partial charge in [0.2, 0.25) is 0 Å². The lowest BCUT2D eigenvalue weighted by molar-refractivity contribution is 0.741. The molecule has 0 aromatic carbocycles. The van der Waals surface area contributed by atoms with E-state index in [0.29, 0.717) is 0 Å². The van der Waals surface area contributed by atoms with Gasteiger partial charge in [0.25, 0.3) is 0 Å². The summed E-state index contributed by atoms with van der Waals surface area (Å²) in [6, 6.07) is 4.04. The molecular formula is C13H19N5. The first-order valence-corrected chi connectivity index (χ1v) is 6.24. The Morgan fingerprint density at radius 3 is 2.78 bits per heavy atom. The first kappa shape index (κ1) is 12.5. The smallest absolute Gasteiger partial charge is 0.129 e. The quantitative estimate of drug-likeness (QED) is 0.871. The molecule has 0 fully saturated rings. The van der Waals surface area contributed by atoms with Crippen molar-refractivity contribution in [3.05, 3.63) is 35.5 Å². The summed E-state index contributed by atoms with van der Waals surface area (Å²) in [6.45, 7) is 4.85. The van der Waals surface area contributed by atoms with Crippen LogP contribution in [0.15, 0.2) is 18.3 Å². The maximum atomic E-state index is 4.37. The minimum absolute atomic E-state index is 0.815. The normalized spacial score (nSPS) is 10.6. The van der Waals surface area contributed by atoms with Gasteiger partial charge in [0.05, 0.1) is 5.69 Å². The highest BCUT2D eigenvalue weighted by Crippen LogP contribution is 2.07. The van der Waals surface area contributed by atoms with Crippen LogP contribution in [0.25, 0.3) is 0 Å².